The molecular weight excluding hydrogens is 238 g/mol. The van der Waals surface area contributed by atoms with Crippen LogP contribution in [0.1, 0.15) is 5.56 Å². The van der Waals surface area contributed by atoms with E-state index in [-0.39, 0.29) is 0 Å². The molecule has 3 aromatic rings. The highest BCUT2D eigenvalue weighted by Gasteiger charge is 2.16. The van der Waals surface area contributed by atoms with Gasteiger partial charge in [0.2, 0.25) is 0 Å². The molecule has 0 aliphatic heterocycles. The second kappa shape index (κ2) is 4.42. The van der Waals surface area contributed by atoms with E-state index in [2.05, 4.69) is 26.6 Å². The second-order valence-electron chi connectivity index (χ2n) is 4.06. The third-order valence-electron chi connectivity index (χ3n) is 3.01. The molecule has 0 unspecified atom stereocenters. The Balaban J connectivity index is 2.48. The van der Waals surface area contributed by atoms with E-state index < -0.39 is 0 Å². The standard InChI is InChI=1S/C14H11N5/c1-16-14-10(8-15)13(12-6-7-17-19-12)9-4-2-3-5-11(9)18-14/h2-7H,1H3,(H,16,18)(H,17,19). The van der Waals surface area contributed by atoms with Gasteiger partial charge in [0.25, 0.3) is 0 Å². The van der Waals surface area contributed by atoms with Gasteiger partial charge in [0.1, 0.15) is 17.5 Å². The van der Waals surface area contributed by atoms with Gasteiger partial charge >= 0.3 is 0 Å². The summed E-state index contributed by atoms with van der Waals surface area (Å²) in [5.41, 5.74) is 3.00. The van der Waals surface area contributed by atoms with Crippen LogP contribution in [0.2, 0.25) is 0 Å². The Hall–Kier alpha value is -2.87. The molecule has 0 bridgehead atoms. The third kappa shape index (κ3) is 1.70. The predicted octanol–water partition coefficient (Wildman–Crippen LogP) is 2.54. The van der Waals surface area contributed by atoms with Crippen molar-refractivity contribution in [2.75, 3.05) is 12.4 Å². The lowest BCUT2D eigenvalue weighted by Crippen LogP contribution is -2.00. The number of H-pyrrole nitrogens is 1. The number of pyridine rings is 1. The summed E-state index contributed by atoms with van der Waals surface area (Å²) in [6.07, 6.45) is 1.67. The first-order valence-electron chi connectivity index (χ1n) is 5.85. The number of nitrogens with zero attached hydrogens (tertiary/aromatic N) is 3. The molecule has 1 aromatic carbocycles. The second-order valence-corrected chi connectivity index (χ2v) is 4.06. The fraction of sp³-hybridized carbons (Fsp3) is 0.0714. The summed E-state index contributed by atoms with van der Waals surface area (Å²) in [7, 11) is 1.76. The zero-order valence-electron chi connectivity index (χ0n) is 10.3. The van der Waals surface area contributed by atoms with Crippen molar-refractivity contribution >= 4 is 16.7 Å². The van der Waals surface area contributed by atoms with E-state index in [0.717, 1.165) is 22.2 Å². The van der Waals surface area contributed by atoms with Crippen molar-refractivity contribution in [3.05, 3.63) is 42.1 Å². The molecule has 0 saturated carbocycles. The Bertz CT molecular complexity index is 768. The number of fused-ring (bicyclic) bond motifs is 1. The number of aromatic nitrogens is 3. The molecule has 92 valence electrons. The Morgan fingerprint density at radius 2 is 2.11 bits per heavy atom. The fourth-order valence-corrected chi connectivity index (χ4v) is 2.18. The van der Waals surface area contributed by atoms with Crippen molar-refractivity contribution in [3.8, 4) is 17.3 Å². The Kier molecular flexibility index (Phi) is 2.62. The van der Waals surface area contributed by atoms with Crippen molar-refractivity contribution < 1.29 is 0 Å². The third-order valence-corrected chi connectivity index (χ3v) is 3.01. The maximum absolute atomic E-state index is 9.42. The number of nitrogens with one attached hydrogen (secondary N) is 2. The van der Waals surface area contributed by atoms with Crippen LogP contribution in [-0.2, 0) is 0 Å². The molecule has 0 amide bonds. The van der Waals surface area contributed by atoms with Gasteiger partial charge in [-0.3, -0.25) is 5.10 Å². The van der Waals surface area contributed by atoms with Gasteiger partial charge in [-0.1, -0.05) is 18.2 Å². The molecule has 0 radical (unpaired) electrons. The first-order chi connectivity index (χ1) is 9.35. The van der Waals surface area contributed by atoms with Crippen LogP contribution >= 0.6 is 0 Å². The molecule has 0 aliphatic rings. The number of rotatable bonds is 2. The van der Waals surface area contributed by atoms with Crippen molar-refractivity contribution in [2.45, 2.75) is 0 Å². The lowest BCUT2D eigenvalue weighted by Gasteiger charge is -2.11. The van der Waals surface area contributed by atoms with E-state index in [1.165, 1.54) is 0 Å². The minimum Gasteiger partial charge on any atom is -0.372 e. The fourth-order valence-electron chi connectivity index (χ4n) is 2.18. The summed E-state index contributed by atoms with van der Waals surface area (Å²) in [6.45, 7) is 0. The topological polar surface area (TPSA) is 77.4 Å². The molecule has 2 heterocycles. The van der Waals surface area contributed by atoms with Gasteiger partial charge in [-0.25, -0.2) is 4.98 Å². The van der Waals surface area contributed by atoms with Crippen molar-refractivity contribution in [2.24, 2.45) is 0 Å². The smallest absolute Gasteiger partial charge is 0.145 e. The molecular formula is C14H11N5. The van der Waals surface area contributed by atoms with E-state index in [1.54, 1.807) is 13.2 Å². The van der Waals surface area contributed by atoms with Crippen molar-refractivity contribution in [1.82, 2.24) is 15.2 Å². The molecule has 5 heteroatoms. The van der Waals surface area contributed by atoms with Crippen LogP contribution in [0.5, 0.6) is 0 Å². The molecule has 2 aromatic heterocycles. The lowest BCUT2D eigenvalue weighted by molar-refractivity contribution is 1.09. The molecule has 0 atom stereocenters. The van der Waals surface area contributed by atoms with Crippen LogP contribution in [0.25, 0.3) is 22.2 Å². The highest BCUT2D eigenvalue weighted by Crippen LogP contribution is 2.33. The van der Waals surface area contributed by atoms with Crippen LogP contribution in [0.4, 0.5) is 5.82 Å². The Morgan fingerprint density at radius 3 is 2.79 bits per heavy atom. The van der Waals surface area contributed by atoms with Gasteiger partial charge in [-0.05, 0) is 12.1 Å². The van der Waals surface area contributed by atoms with Gasteiger partial charge in [0, 0.05) is 24.2 Å². The van der Waals surface area contributed by atoms with E-state index in [4.69, 9.17) is 0 Å². The Morgan fingerprint density at radius 1 is 1.26 bits per heavy atom. The van der Waals surface area contributed by atoms with Crippen molar-refractivity contribution in [3.63, 3.8) is 0 Å². The maximum atomic E-state index is 9.42. The largest absolute Gasteiger partial charge is 0.372 e. The minimum atomic E-state index is 0.519. The average molecular weight is 249 g/mol. The van der Waals surface area contributed by atoms with Crippen molar-refractivity contribution in [1.29, 1.82) is 5.26 Å². The van der Waals surface area contributed by atoms with Gasteiger partial charge in [-0.2, -0.15) is 10.4 Å². The minimum absolute atomic E-state index is 0.519. The molecule has 0 spiro atoms. The van der Waals surface area contributed by atoms with E-state index in [9.17, 15) is 5.26 Å². The molecule has 0 saturated heterocycles. The number of aromatic amines is 1. The summed E-state index contributed by atoms with van der Waals surface area (Å²) < 4.78 is 0. The van der Waals surface area contributed by atoms with Crippen LogP contribution in [0, 0.1) is 11.3 Å². The number of hydrogen-bond donors (Lipinski definition) is 2. The summed E-state index contributed by atoms with van der Waals surface area (Å²) in [6, 6.07) is 11.8. The van der Waals surface area contributed by atoms with E-state index >= 15 is 0 Å². The van der Waals surface area contributed by atoms with E-state index in [0.29, 0.717) is 11.4 Å². The summed E-state index contributed by atoms with van der Waals surface area (Å²) in [4.78, 5) is 4.47. The predicted molar refractivity (Wildman–Crippen MR) is 73.6 cm³/mol. The number of hydrogen-bond acceptors (Lipinski definition) is 4. The maximum Gasteiger partial charge on any atom is 0.145 e. The molecule has 2 N–H and O–H groups in total. The quantitative estimate of drug-likeness (QED) is 0.731. The van der Waals surface area contributed by atoms with Crippen LogP contribution in [0.3, 0.4) is 0 Å². The first kappa shape index (κ1) is 11.2. The monoisotopic (exact) mass is 249 g/mol. The van der Waals surface area contributed by atoms with Gasteiger partial charge in [0.05, 0.1) is 11.2 Å². The average Bonchev–Trinajstić information content (AvgIpc) is 2.98. The van der Waals surface area contributed by atoms with Crippen LogP contribution in [0.15, 0.2) is 36.5 Å². The normalized spacial score (nSPS) is 10.3. The summed E-state index contributed by atoms with van der Waals surface area (Å²) >= 11 is 0. The highest BCUT2D eigenvalue weighted by molar-refractivity contribution is 5.98. The molecule has 0 aliphatic carbocycles. The molecule has 5 nitrogen and oxygen atoms in total. The zero-order chi connectivity index (χ0) is 13.2. The van der Waals surface area contributed by atoms with Gasteiger partial charge < -0.3 is 5.32 Å². The van der Waals surface area contributed by atoms with Gasteiger partial charge in [-0.15, -0.1) is 0 Å². The first-order valence-corrected chi connectivity index (χ1v) is 5.85. The Labute approximate surface area is 109 Å². The number of para-hydroxylation sites is 1. The number of nitriles is 1. The zero-order valence-corrected chi connectivity index (χ0v) is 10.3. The van der Waals surface area contributed by atoms with Crippen LogP contribution in [-0.4, -0.2) is 22.2 Å². The number of benzene rings is 1. The van der Waals surface area contributed by atoms with Crippen LogP contribution < -0.4 is 5.32 Å². The molecule has 3 rings (SSSR count). The SMILES string of the molecule is CNc1nc2ccccc2c(-c2ccn[nH]2)c1C#N. The molecule has 0 fully saturated rings. The van der Waals surface area contributed by atoms with E-state index in [1.807, 2.05) is 30.3 Å². The molecule has 19 heavy (non-hydrogen) atoms. The summed E-state index contributed by atoms with van der Waals surface area (Å²) in [5.74, 6) is 0.575. The summed E-state index contributed by atoms with van der Waals surface area (Å²) in [5, 5.41) is 20.2. The lowest BCUT2D eigenvalue weighted by atomic mass is 10.0. The van der Waals surface area contributed by atoms with Gasteiger partial charge in [0.15, 0.2) is 0 Å². The highest BCUT2D eigenvalue weighted by atomic mass is 15.1. The number of anilines is 1.